The molecule has 30 heavy (non-hydrogen) atoms. The molecule has 0 aliphatic carbocycles. The van der Waals surface area contributed by atoms with E-state index in [1.807, 2.05) is 27.3 Å². The molecule has 0 fully saturated rings. The van der Waals surface area contributed by atoms with Gasteiger partial charge in [0, 0.05) is 44.0 Å². The van der Waals surface area contributed by atoms with Crippen LogP contribution in [0.5, 0.6) is 11.5 Å². The van der Waals surface area contributed by atoms with Crippen molar-refractivity contribution in [3.8, 4) is 22.6 Å². The number of carboxylic acid groups (broad SMARTS) is 1. The summed E-state index contributed by atoms with van der Waals surface area (Å²) in [4.78, 5) is 25.3. The fourth-order valence-corrected chi connectivity index (χ4v) is 3.80. The van der Waals surface area contributed by atoms with Crippen molar-refractivity contribution in [3.05, 3.63) is 45.4 Å². The lowest BCUT2D eigenvalue weighted by molar-refractivity contribution is -0.122. The van der Waals surface area contributed by atoms with Crippen molar-refractivity contribution in [2.75, 3.05) is 41.9 Å². The lowest BCUT2D eigenvalue weighted by atomic mass is 9.92. The first-order chi connectivity index (χ1) is 14.3. The van der Waals surface area contributed by atoms with Gasteiger partial charge in [-0.05, 0) is 50.8 Å². The lowest BCUT2D eigenvalue weighted by Crippen LogP contribution is -2.34. The number of hydrogen-bond acceptors (Lipinski definition) is 6. The molecule has 3 rings (SSSR count). The molecule has 0 saturated heterocycles. The molecule has 0 radical (unpaired) electrons. The van der Waals surface area contributed by atoms with E-state index in [1.54, 1.807) is 18.8 Å². The third-order valence-corrected chi connectivity index (χ3v) is 5.16. The van der Waals surface area contributed by atoms with Crippen molar-refractivity contribution in [1.29, 1.82) is 0 Å². The summed E-state index contributed by atoms with van der Waals surface area (Å²) in [5.74, 6) is 1.60. The first kappa shape index (κ1) is 23.4. The van der Waals surface area contributed by atoms with Crippen LogP contribution in [0.3, 0.4) is 0 Å². The van der Waals surface area contributed by atoms with Crippen LogP contribution in [-0.4, -0.2) is 67.9 Å². The maximum Gasteiger partial charge on any atom is 0.290 e. The third-order valence-electron chi connectivity index (χ3n) is 5.16. The van der Waals surface area contributed by atoms with Gasteiger partial charge in [0.05, 0.1) is 19.8 Å². The number of ether oxygens (including phenoxy) is 2. The zero-order chi connectivity index (χ0) is 22.4. The van der Waals surface area contributed by atoms with Gasteiger partial charge in [-0.1, -0.05) is 0 Å². The maximum absolute atomic E-state index is 12.6. The van der Waals surface area contributed by atoms with Gasteiger partial charge in [0.2, 0.25) is 0 Å². The van der Waals surface area contributed by atoms with Crippen LogP contribution >= 0.6 is 0 Å². The Hall–Kier alpha value is -2.84. The monoisotopic (exact) mass is 417 g/mol. The van der Waals surface area contributed by atoms with Crippen molar-refractivity contribution < 1.29 is 19.4 Å². The van der Waals surface area contributed by atoms with E-state index in [4.69, 9.17) is 19.4 Å². The van der Waals surface area contributed by atoms with Crippen molar-refractivity contribution in [3.63, 3.8) is 0 Å². The Balaban J connectivity index is 0.00000101. The molecule has 8 nitrogen and oxygen atoms in total. The highest BCUT2D eigenvalue weighted by molar-refractivity contribution is 5.72. The van der Waals surface area contributed by atoms with E-state index in [0.717, 1.165) is 58.8 Å². The van der Waals surface area contributed by atoms with Gasteiger partial charge in [0.25, 0.3) is 12.0 Å². The summed E-state index contributed by atoms with van der Waals surface area (Å²) in [6.45, 7) is 2.10. The molecule has 2 heterocycles. The molecule has 1 aromatic heterocycles. The molecule has 1 aliphatic heterocycles. The predicted octanol–water partition coefficient (Wildman–Crippen LogP) is 1.82. The smallest absolute Gasteiger partial charge is 0.290 e. The number of nitrogens with zero attached hydrogens (tertiary/aromatic N) is 3. The van der Waals surface area contributed by atoms with Crippen molar-refractivity contribution in [2.45, 2.75) is 19.5 Å². The summed E-state index contributed by atoms with van der Waals surface area (Å²) >= 11 is 0. The molecule has 0 spiro atoms. The SMILES string of the molecule is COc1cc(-c2cn(C)c(=O)c3c2CCN(C)C3)cc(OC)c1CN(C)C.O=CO. The number of aromatic nitrogens is 1. The zero-order valence-corrected chi connectivity index (χ0v) is 18.6. The molecule has 164 valence electrons. The summed E-state index contributed by atoms with van der Waals surface area (Å²) in [5, 5.41) is 6.89. The lowest BCUT2D eigenvalue weighted by Gasteiger charge is -2.27. The van der Waals surface area contributed by atoms with E-state index in [2.05, 4.69) is 29.0 Å². The standard InChI is InChI=1S/C21H29N3O3.CH2O2/c1-22(2)11-18-19(26-5)9-14(10-20(18)27-6)16-13-24(4)21(25)17-12-23(3)8-7-15(16)17;2-1-3/h9-10,13H,7-8,11-12H2,1-6H3;1H,(H,2,3). The van der Waals surface area contributed by atoms with E-state index in [9.17, 15) is 4.79 Å². The molecule has 1 aliphatic rings. The third kappa shape index (κ3) is 5.01. The van der Waals surface area contributed by atoms with E-state index in [-0.39, 0.29) is 12.0 Å². The summed E-state index contributed by atoms with van der Waals surface area (Å²) < 4.78 is 13.0. The van der Waals surface area contributed by atoms with Crippen LogP contribution in [-0.2, 0) is 31.4 Å². The normalized spacial score (nSPS) is 13.3. The molecule has 0 saturated carbocycles. The summed E-state index contributed by atoms with van der Waals surface area (Å²) in [6, 6.07) is 4.11. The maximum atomic E-state index is 12.6. The molecular formula is C22H31N3O5. The minimum Gasteiger partial charge on any atom is -0.496 e. The Morgan fingerprint density at radius 2 is 1.70 bits per heavy atom. The van der Waals surface area contributed by atoms with Gasteiger partial charge >= 0.3 is 0 Å². The topological polar surface area (TPSA) is 84.2 Å². The van der Waals surface area contributed by atoms with Gasteiger partial charge in [-0.2, -0.15) is 0 Å². The van der Waals surface area contributed by atoms with Gasteiger partial charge < -0.3 is 28.9 Å². The Kier molecular flexibility index (Phi) is 8.02. The van der Waals surface area contributed by atoms with Gasteiger partial charge in [-0.15, -0.1) is 0 Å². The van der Waals surface area contributed by atoms with E-state index in [1.165, 1.54) is 0 Å². The number of pyridine rings is 1. The van der Waals surface area contributed by atoms with Crippen molar-refractivity contribution in [2.24, 2.45) is 7.05 Å². The Morgan fingerprint density at radius 3 is 2.20 bits per heavy atom. The van der Waals surface area contributed by atoms with Crippen LogP contribution in [0.1, 0.15) is 16.7 Å². The second-order valence-corrected chi connectivity index (χ2v) is 7.61. The fourth-order valence-electron chi connectivity index (χ4n) is 3.80. The number of likely N-dealkylation sites (N-methyl/N-ethyl adjacent to an activating group) is 1. The second kappa shape index (κ2) is 10.3. The van der Waals surface area contributed by atoms with Crippen LogP contribution in [0, 0.1) is 0 Å². The van der Waals surface area contributed by atoms with E-state index >= 15 is 0 Å². The number of aryl methyl sites for hydroxylation is 1. The number of fused-ring (bicyclic) bond motifs is 1. The van der Waals surface area contributed by atoms with Crippen LogP contribution in [0.25, 0.3) is 11.1 Å². The fraction of sp³-hybridized carbons (Fsp3) is 0.455. The molecule has 1 aromatic carbocycles. The van der Waals surface area contributed by atoms with Crippen LogP contribution < -0.4 is 15.0 Å². The molecule has 0 amide bonds. The summed E-state index contributed by atoms with van der Waals surface area (Å²) in [6.07, 6.45) is 2.80. The molecule has 0 atom stereocenters. The van der Waals surface area contributed by atoms with Gasteiger partial charge in [0.15, 0.2) is 0 Å². The Morgan fingerprint density at radius 1 is 1.13 bits per heavy atom. The minimum absolute atomic E-state index is 0.0865. The van der Waals surface area contributed by atoms with Gasteiger partial charge in [0.1, 0.15) is 11.5 Å². The molecule has 1 N–H and O–H groups in total. The number of hydrogen-bond donors (Lipinski definition) is 1. The number of rotatable bonds is 5. The average Bonchev–Trinajstić information content (AvgIpc) is 2.71. The molecule has 2 aromatic rings. The summed E-state index contributed by atoms with van der Waals surface area (Å²) in [7, 11) is 11.3. The predicted molar refractivity (Wildman–Crippen MR) is 116 cm³/mol. The first-order valence-electron chi connectivity index (χ1n) is 9.65. The van der Waals surface area contributed by atoms with E-state index in [0.29, 0.717) is 6.54 Å². The Bertz CT molecular complexity index is 928. The number of methoxy groups -OCH3 is 2. The van der Waals surface area contributed by atoms with E-state index < -0.39 is 0 Å². The number of benzene rings is 1. The first-order valence-corrected chi connectivity index (χ1v) is 9.65. The highest BCUT2D eigenvalue weighted by Crippen LogP contribution is 2.37. The van der Waals surface area contributed by atoms with Gasteiger partial charge in [-0.25, -0.2) is 0 Å². The zero-order valence-electron chi connectivity index (χ0n) is 18.6. The van der Waals surface area contributed by atoms with Crippen LogP contribution in [0.15, 0.2) is 23.1 Å². The minimum atomic E-state index is -0.250. The van der Waals surface area contributed by atoms with Crippen LogP contribution in [0.4, 0.5) is 0 Å². The molecule has 0 unspecified atom stereocenters. The molecule has 8 heteroatoms. The van der Waals surface area contributed by atoms with Crippen molar-refractivity contribution >= 4 is 6.47 Å². The Labute approximate surface area is 177 Å². The number of carbonyl (C=O) groups is 1. The van der Waals surface area contributed by atoms with Crippen molar-refractivity contribution in [1.82, 2.24) is 14.4 Å². The highest BCUT2D eigenvalue weighted by atomic mass is 16.5. The van der Waals surface area contributed by atoms with Crippen LogP contribution in [0.2, 0.25) is 0 Å². The average molecular weight is 418 g/mol. The molecular weight excluding hydrogens is 386 g/mol. The second-order valence-electron chi connectivity index (χ2n) is 7.61. The highest BCUT2D eigenvalue weighted by Gasteiger charge is 2.23. The summed E-state index contributed by atoms with van der Waals surface area (Å²) in [5.41, 5.74) is 5.23. The quantitative estimate of drug-likeness (QED) is 0.743. The van der Waals surface area contributed by atoms with Gasteiger partial charge in [-0.3, -0.25) is 9.59 Å². The largest absolute Gasteiger partial charge is 0.496 e. The molecule has 0 bridgehead atoms.